The standard InChI is InChI=1S/C27H33FN6O4S/c1-16(2)15-38-20-10-18(9-19(28)11-20)24-30-13-21(25(32-24)34-14-17(3)12-27(34,4)5)26(35)33-39(36,37)23-8-6-7-22(29)31-23/h6-11,13,16-17H,12,14-15H2,1-5H3,(H2,29,31)(H,33,35)/t17-/m0/s1. The first kappa shape index (κ1) is 28.2. The van der Waals surface area contributed by atoms with Gasteiger partial charge in [-0.25, -0.2) is 24.1 Å². The van der Waals surface area contributed by atoms with Gasteiger partial charge in [0.2, 0.25) is 0 Å². The lowest BCUT2D eigenvalue weighted by Gasteiger charge is -2.33. The van der Waals surface area contributed by atoms with Crippen LogP contribution in [-0.2, 0) is 10.0 Å². The number of anilines is 2. The number of nitrogens with zero attached hydrogens (tertiary/aromatic N) is 4. The van der Waals surface area contributed by atoms with E-state index in [-0.39, 0.29) is 34.5 Å². The fraction of sp³-hybridized carbons (Fsp3) is 0.407. The minimum absolute atomic E-state index is 0.00154. The van der Waals surface area contributed by atoms with Crippen molar-refractivity contribution >= 4 is 27.6 Å². The van der Waals surface area contributed by atoms with Gasteiger partial charge in [-0.1, -0.05) is 26.8 Å². The highest BCUT2D eigenvalue weighted by molar-refractivity contribution is 7.90. The van der Waals surface area contributed by atoms with Crippen LogP contribution in [0, 0.1) is 17.7 Å². The number of rotatable bonds is 8. The molecule has 1 aliphatic rings. The molecule has 1 fully saturated rings. The van der Waals surface area contributed by atoms with Crippen molar-refractivity contribution in [3.05, 3.63) is 54.0 Å². The minimum Gasteiger partial charge on any atom is -0.493 e. The van der Waals surface area contributed by atoms with Crippen LogP contribution in [0.5, 0.6) is 5.75 Å². The van der Waals surface area contributed by atoms with Gasteiger partial charge in [0.05, 0.1) is 6.61 Å². The lowest BCUT2D eigenvalue weighted by Crippen LogP contribution is -2.41. The number of hydrogen-bond acceptors (Lipinski definition) is 9. The Morgan fingerprint density at radius 1 is 1.26 bits per heavy atom. The summed E-state index contributed by atoms with van der Waals surface area (Å²) in [6, 6.07) is 8.31. The summed E-state index contributed by atoms with van der Waals surface area (Å²) < 4.78 is 48.0. The number of halogens is 1. The molecule has 0 saturated carbocycles. The van der Waals surface area contributed by atoms with Crippen LogP contribution < -0.4 is 20.1 Å². The maximum absolute atomic E-state index is 14.5. The molecule has 0 aliphatic carbocycles. The third kappa shape index (κ3) is 6.44. The molecule has 12 heteroatoms. The second kappa shape index (κ2) is 10.8. The fourth-order valence-electron chi connectivity index (χ4n) is 4.69. The van der Waals surface area contributed by atoms with Crippen LogP contribution in [0.25, 0.3) is 11.4 Å². The van der Waals surface area contributed by atoms with Gasteiger partial charge in [-0.05, 0) is 56.4 Å². The molecule has 3 aromatic rings. The highest BCUT2D eigenvalue weighted by Crippen LogP contribution is 2.38. The molecule has 4 rings (SSSR count). The van der Waals surface area contributed by atoms with Gasteiger partial charge < -0.3 is 15.4 Å². The van der Waals surface area contributed by atoms with Gasteiger partial charge in [-0.2, -0.15) is 8.42 Å². The van der Waals surface area contributed by atoms with Crippen LogP contribution in [0.1, 0.15) is 51.4 Å². The Kier molecular flexibility index (Phi) is 7.78. The van der Waals surface area contributed by atoms with E-state index in [4.69, 9.17) is 10.5 Å². The van der Waals surface area contributed by atoms with E-state index in [0.29, 0.717) is 30.4 Å². The van der Waals surface area contributed by atoms with Crippen molar-refractivity contribution in [3.8, 4) is 17.1 Å². The van der Waals surface area contributed by atoms with Crippen molar-refractivity contribution in [1.82, 2.24) is 19.7 Å². The molecule has 1 atom stereocenters. The van der Waals surface area contributed by atoms with E-state index >= 15 is 0 Å². The third-order valence-electron chi connectivity index (χ3n) is 6.30. The summed E-state index contributed by atoms with van der Waals surface area (Å²) in [5.41, 5.74) is 5.56. The highest BCUT2D eigenvalue weighted by atomic mass is 32.2. The Hall–Kier alpha value is -3.80. The number of carbonyl (C=O) groups excluding carboxylic acids is 1. The molecular weight excluding hydrogens is 523 g/mol. The average molecular weight is 557 g/mol. The molecule has 2 aromatic heterocycles. The number of benzene rings is 1. The third-order valence-corrected chi connectivity index (χ3v) is 7.53. The predicted molar refractivity (Wildman–Crippen MR) is 146 cm³/mol. The first-order valence-electron chi connectivity index (χ1n) is 12.6. The fourth-order valence-corrected chi connectivity index (χ4v) is 5.63. The van der Waals surface area contributed by atoms with E-state index in [2.05, 4.69) is 26.6 Å². The number of hydrogen-bond donors (Lipinski definition) is 2. The average Bonchev–Trinajstić information content (AvgIpc) is 3.13. The number of ether oxygens (including phenoxy) is 1. The van der Waals surface area contributed by atoms with Crippen molar-refractivity contribution in [1.29, 1.82) is 0 Å². The van der Waals surface area contributed by atoms with E-state index in [1.54, 1.807) is 6.07 Å². The van der Waals surface area contributed by atoms with E-state index in [9.17, 15) is 17.6 Å². The molecule has 1 aliphatic heterocycles. The van der Waals surface area contributed by atoms with E-state index in [0.717, 1.165) is 6.42 Å². The van der Waals surface area contributed by atoms with Crippen LogP contribution >= 0.6 is 0 Å². The lowest BCUT2D eigenvalue weighted by molar-refractivity contribution is 0.0981. The number of carbonyl (C=O) groups is 1. The molecule has 1 aromatic carbocycles. The van der Waals surface area contributed by atoms with Crippen LogP contribution in [0.2, 0.25) is 0 Å². The zero-order valence-electron chi connectivity index (χ0n) is 22.6. The first-order valence-corrected chi connectivity index (χ1v) is 14.1. The maximum Gasteiger partial charge on any atom is 0.281 e. The van der Waals surface area contributed by atoms with E-state index in [1.807, 2.05) is 32.6 Å². The minimum atomic E-state index is -4.33. The molecule has 1 saturated heterocycles. The molecule has 0 bridgehead atoms. The zero-order valence-corrected chi connectivity index (χ0v) is 23.4. The van der Waals surface area contributed by atoms with Crippen molar-refractivity contribution in [3.63, 3.8) is 0 Å². The lowest BCUT2D eigenvalue weighted by atomic mass is 9.97. The maximum atomic E-state index is 14.5. The van der Waals surface area contributed by atoms with Gasteiger partial charge in [0.15, 0.2) is 10.9 Å². The summed E-state index contributed by atoms with van der Waals surface area (Å²) in [5.74, 6) is -0.150. The largest absolute Gasteiger partial charge is 0.493 e. The van der Waals surface area contributed by atoms with Gasteiger partial charge in [0.25, 0.3) is 15.9 Å². The summed E-state index contributed by atoms with van der Waals surface area (Å²) in [4.78, 5) is 28.1. The van der Waals surface area contributed by atoms with Gasteiger partial charge in [-0.3, -0.25) is 4.79 Å². The monoisotopic (exact) mass is 556 g/mol. The smallest absolute Gasteiger partial charge is 0.281 e. The number of sulfonamides is 1. The molecule has 0 radical (unpaired) electrons. The summed E-state index contributed by atoms with van der Waals surface area (Å²) in [7, 11) is -4.33. The van der Waals surface area contributed by atoms with Crippen LogP contribution in [0.4, 0.5) is 16.0 Å². The summed E-state index contributed by atoms with van der Waals surface area (Å²) in [6.07, 6.45) is 2.08. The molecule has 0 spiro atoms. The quantitative estimate of drug-likeness (QED) is 0.421. The van der Waals surface area contributed by atoms with Gasteiger partial charge in [-0.15, -0.1) is 0 Å². The highest BCUT2D eigenvalue weighted by Gasteiger charge is 2.39. The summed E-state index contributed by atoms with van der Waals surface area (Å²) in [5, 5.41) is -0.390. The van der Waals surface area contributed by atoms with Crippen molar-refractivity contribution in [2.75, 3.05) is 23.8 Å². The van der Waals surface area contributed by atoms with Crippen molar-refractivity contribution < 1.29 is 22.3 Å². The van der Waals surface area contributed by atoms with Gasteiger partial charge >= 0.3 is 0 Å². The molecular formula is C27H33FN6O4S. The Balaban J connectivity index is 1.76. The van der Waals surface area contributed by atoms with Crippen LogP contribution in [-0.4, -0.2) is 48.0 Å². The predicted octanol–water partition coefficient (Wildman–Crippen LogP) is 4.04. The van der Waals surface area contributed by atoms with Crippen LogP contribution in [0.15, 0.2) is 47.6 Å². The Morgan fingerprint density at radius 2 is 2.00 bits per heavy atom. The number of aromatic nitrogens is 3. The number of pyridine rings is 1. The molecule has 39 heavy (non-hydrogen) atoms. The van der Waals surface area contributed by atoms with Crippen LogP contribution in [0.3, 0.4) is 0 Å². The number of nitrogen functional groups attached to an aromatic ring is 1. The van der Waals surface area contributed by atoms with Gasteiger partial charge in [0, 0.05) is 29.9 Å². The molecule has 10 nitrogen and oxygen atoms in total. The number of nitrogens with two attached hydrogens (primary N) is 1. The molecule has 3 heterocycles. The Morgan fingerprint density at radius 3 is 2.64 bits per heavy atom. The second-order valence-electron chi connectivity index (χ2n) is 10.9. The van der Waals surface area contributed by atoms with Gasteiger partial charge in [0.1, 0.15) is 28.8 Å². The summed E-state index contributed by atoms with van der Waals surface area (Å²) >= 11 is 0. The molecule has 3 N–H and O–H groups in total. The summed E-state index contributed by atoms with van der Waals surface area (Å²) in [6.45, 7) is 11.1. The molecule has 208 valence electrons. The SMILES string of the molecule is CC(C)COc1cc(F)cc(-c2ncc(C(=O)NS(=O)(=O)c3cccc(N)n3)c(N3C[C@@H](C)CC3(C)C)n2)c1. The number of amides is 1. The van der Waals surface area contributed by atoms with Crippen molar-refractivity contribution in [2.24, 2.45) is 11.8 Å². The Labute approximate surface area is 227 Å². The van der Waals surface area contributed by atoms with E-state index in [1.165, 1.54) is 36.5 Å². The zero-order chi connectivity index (χ0) is 28.5. The molecule has 1 amide bonds. The molecule has 0 unspecified atom stereocenters. The normalized spacial score (nSPS) is 16.9. The Bertz CT molecular complexity index is 1500. The number of nitrogens with one attached hydrogen (secondary N) is 1. The second-order valence-corrected chi connectivity index (χ2v) is 12.5. The van der Waals surface area contributed by atoms with E-state index < -0.39 is 26.8 Å². The van der Waals surface area contributed by atoms with Crippen molar-refractivity contribution in [2.45, 2.75) is 51.6 Å². The topological polar surface area (TPSA) is 140 Å². The first-order chi connectivity index (χ1) is 18.2.